The van der Waals surface area contributed by atoms with Gasteiger partial charge in [0.15, 0.2) is 0 Å². The van der Waals surface area contributed by atoms with Crippen LogP contribution in [0.2, 0.25) is 0 Å². The molecule has 0 amide bonds. The molecule has 2 nitrogen and oxygen atoms in total. The Balaban J connectivity index is 1.94. The van der Waals surface area contributed by atoms with Crippen molar-refractivity contribution in [1.82, 2.24) is 4.98 Å². The van der Waals surface area contributed by atoms with E-state index in [1.54, 1.807) is 6.07 Å². The van der Waals surface area contributed by atoms with Crippen molar-refractivity contribution in [3.8, 4) is 17.0 Å². The van der Waals surface area contributed by atoms with E-state index in [1.807, 2.05) is 6.07 Å². The third-order valence-electron chi connectivity index (χ3n) is 3.51. The standard InChI is InChI=1S/C15H15NO/c17-14-7-8-15(16-10-14)13-6-2-5-12(9-13)11-3-1-4-11/h2,5-11,17H,1,3-4H2. The molecule has 3 rings (SSSR count). The molecule has 0 radical (unpaired) electrons. The van der Waals surface area contributed by atoms with Crippen molar-refractivity contribution in [1.29, 1.82) is 0 Å². The Labute approximate surface area is 101 Å². The maximum Gasteiger partial charge on any atom is 0.133 e. The van der Waals surface area contributed by atoms with Gasteiger partial charge in [0.1, 0.15) is 5.75 Å². The zero-order valence-corrected chi connectivity index (χ0v) is 9.63. The first-order valence-corrected chi connectivity index (χ1v) is 6.08. The van der Waals surface area contributed by atoms with Crippen molar-refractivity contribution in [3.05, 3.63) is 48.2 Å². The molecule has 0 unspecified atom stereocenters. The highest BCUT2D eigenvalue weighted by Gasteiger charge is 2.19. The Morgan fingerprint density at radius 2 is 2.00 bits per heavy atom. The quantitative estimate of drug-likeness (QED) is 0.844. The summed E-state index contributed by atoms with van der Waals surface area (Å²) in [5.74, 6) is 0.955. The minimum atomic E-state index is 0.212. The molecule has 1 aliphatic rings. The maximum atomic E-state index is 9.23. The van der Waals surface area contributed by atoms with Crippen molar-refractivity contribution in [2.75, 3.05) is 0 Å². The van der Waals surface area contributed by atoms with Gasteiger partial charge in [-0.2, -0.15) is 0 Å². The van der Waals surface area contributed by atoms with Gasteiger partial charge in [-0.3, -0.25) is 4.98 Å². The number of benzene rings is 1. The molecule has 1 heterocycles. The van der Waals surface area contributed by atoms with Crippen molar-refractivity contribution in [2.45, 2.75) is 25.2 Å². The highest BCUT2D eigenvalue weighted by atomic mass is 16.3. The van der Waals surface area contributed by atoms with E-state index in [-0.39, 0.29) is 5.75 Å². The molecule has 0 bridgehead atoms. The van der Waals surface area contributed by atoms with E-state index in [2.05, 4.69) is 29.2 Å². The SMILES string of the molecule is Oc1ccc(-c2cccc(C3CCC3)c2)nc1. The van der Waals surface area contributed by atoms with Crippen molar-refractivity contribution >= 4 is 0 Å². The molecular weight excluding hydrogens is 210 g/mol. The first kappa shape index (κ1) is 10.3. The molecule has 0 atom stereocenters. The van der Waals surface area contributed by atoms with Crippen molar-refractivity contribution in [2.24, 2.45) is 0 Å². The van der Waals surface area contributed by atoms with Crippen LogP contribution in [-0.2, 0) is 0 Å². The molecule has 2 heteroatoms. The Bertz CT molecular complexity index is 515. The van der Waals surface area contributed by atoms with Crippen LogP contribution in [-0.4, -0.2) is 10.1 Å². The van der Waals surface area contributed by atoms with Crippen LogP contribution in [0.4, 0.5) is 0 Å². The van der Waals surface area contributed by atoms with Crippen LogP contribution in [0.1, 0.15) is 30.7 Å². The number of hydrogen-bond donors (Lipinski definition) is 1. The minimum absolute atomic E-state index is 0.212. The molecule has 1 aliphatic carbocycles. The second-order valence-corrected chi connectivity index (χ2v) is 4.65. The highest BCUT2D eigenvalue weighted by molar-refractivity contribution is 5.60. The zero-order valence-electron chi connectivity index (χ0n) is 9.63. The molecule has 0 spiro atoms. The lowest BCUT2D eigenvalue weighted by atomic mass is 9.79. The van der Waals surface area contributed by atoms with Gasteiger partial charge >= 0.3 is 0 Å². The molecule has 1 fully saturated rings. The van der Waals surface area contributed by atoms with E-state index in [0.717, 1.165) is 17.2 Å². The molecule has 2 aromatic rings. The molecular formula is C15H15NO. The van der Waals surface area contributed by atoms with Gasteiger partial charge < -0.3 is 5.11 Å². The number of rotatable bonds is 2. The van der Waals surface area contributed by atoms with Gasteiger partial charge in [0.2, 0.25) is 0 Å². The van der Waals surface area contributed by atoms with Gasteiger partial charge in [-0.05, 0) is 42.5 Å². The molecule has 1 aromatic carbocycles. The lowest BCUT2D eigenvalue weighted by molar-refractivity contribution is 0.420. The molecule has 1 saturated carbocycles. The molecule has 17 heavy (non-hydrogen) atoms. The van der Waals surface area contributed by atoms with Crippen molar-refractivity contribution in [3.63, 3.8) is 0 Å². The first-order valence-electron chi connectivity index (χ1n) is 6.08. The van der Waals surface area contributed by atoms with Crippen LogP contribution >= 0.6 is 0 Å². The largest absolute Gasteiger partial charge is 0.506 e. The molecule has 0 aliphatic heterocycles. The van der Waals surface area contributed by atoms with E-state index in [0.29, 0.717) is 0 Å². The van der Waals surface area contributed by atoms with Crippen LogP contribution in [0.5, 0.6) is 5.75 Å². The normalized spacial score (nSPS) is 15.5. The van der Waals surface area contributed by atoms with Gasteiger partial charge in [-0.1, -0.05) is 24.6 Å². The summed E-state index contributed by atoms with van der Waals surface area (Å²) in [7, 11) is 0. The number of hydrogen-bond acceptors (Lipinski definition) is 2. The summed E-state index contributed by atoms with van der Waals surface area (Å²) in [6.07, 6.45) is 5.47. The highest BCUT2D eigenvalue weighted by Crippen LogP contribution is 2.37. The smallest absolute Gasteiger partial charge is 0.133 e. The van der Waals surface area contributed by atoms with Crippen LogP contribution in [0, 0.1) is 0 Å². The summed E-state index contributed by atoms with van der Waals surface area (Å²) < 4.78 is 0. The number of aromatic hydroxyl groups is 1. The predicted molar refractivity (Wildman–Crippen MR) is 67.9 cm³/mol. The van der Waals surface area contributed by atoms with E-state index >= 15 is 0 Å². The average Bonchev–Trinajstić information content (AvgIpc) is 2.28. The second kappa shape index (κ2) is 4.21. The van der Waals surface area contributed by atoms with Gasteiger partial charge in [0, 0.05) is 5.56 Å². The van der Waals surface area contributed by atoms with Crippen LogP contribution in [0.15, 0.2) is 42.6 Å². The summed E-state index contributed by atoms with van der Waals surface area (Å²) in [5, 5.41) is 9.23. The van der Waals surface area contributed by atoms with Gasteiger partial charge in [0.25, 0.3) is 0 Å². The summed E-state index contributed by atoms with van der Waals surface area (Å²) in [6.45, 7) is 0. The summed E-state index contributed by atoms with van der Waals surface area (Å²) in [6, 6.07) is 12.1. The Morgan fingerprint density at radius 3 is 2.65 bits per heavy atom. The maximum absolute atomic E-state index is 9.23. The summed E-state index contributed by atoms with van der Waals surface area (Å²) in [5.41, 5.74) is 3.47. The fourth-order valence-corrected chi connectivity index (χ4v) is 2.25. The molecule has 1 aromatic heterocycles. The van der Waals surface area contributed by atoms with Crippen LogP contribution in [0.25, 0.3) is 11.3 Å². The van der Waals surface area contributed by atoms with E-state index in [9.17, 15) is 5.11 Å². The minimum Gasteiger partial charge on any atom is -0.506 e. The van der Waals surface area contributed by atoms with Crippen molar-refractivity contribution < 1.29 is 5.11 Å². The summed E-state index contributed by atoms with van der Waals surface area (Å²) in [4.78, 5) is 4.24. The van der Waals surface area contributed by atoms with E-state index in [4.69, 9.17) is 0 Å². The number of aromatic nitrogens is 1. The lowest BCUT2D eigenvalue weighted by Gasteiger charge is -2.26. The lowest BCUT2D eigenvalue weighted by Crippen LogP contribution is -2.08. The van der Waals surface area contributed by atoms with Crippen LogP contribution in [0.3, 0.4) is 0 Å². The third-order valence-corrected chi connectivity index (χ3v) is 3.51. The predicted octanol–water partition coefficient (Wildman–Crippen LogP) is 3.72. The second-order valence-electron chi connectivity index (χ2n) is 4.65. The van der Waals surface area contributed by atoms with Gasteiger partial charge in [-0.25, -0.2) is 0 Å². The average molecular weight is 225 g/mol. The fourth-order valence-electron chi connectivity index (χ4n) is 2.25. The topological polar surface area (TPSA) is 33.1 Å². The Morgan fingerprint density at radius 1 is 1.12 bits per heavy atom. The fraction of sp³-hybridized carbons (Fsp3) is 0.267. The van der Waals surface area contributed by atoms with Gasteiger partial charge in [0.05, 0.1) is 11.9 Å². The zero-order chi connectivity index (χ0) is 11.7. The number of pyridine rings is 1. The number of nitrogens with zero attached hydrogens (tertiary/aromatic N) is 1. The van der Waals surface area contributed by atoms with Gasteiger partial charge in [-0.15, -0.1) is 0 Å². The molecule has 0 saturated heterocycles. The Kier molecular flexibility index (Phi) is 2.56. The van der Waals surface area contributed by atoms with E-state index in [1.165, 1.54) is 31.0 Å². The third kappa shape index (κ3) is 2.03. The molecule has 86 valence electrons. The molecule has 1 N–H and O–H groups in total. The monoisotopic (exact) mass is 225 g/mol. The first-order chi connectivity index (χ1) is 8.33. The Hall–Kier alpha value is -1.83. The summed E-state index contributed by atoms with van der Waals surface area (Å²) >= 11 is 0. The van der Waals surface area contributed by atoms with Crippen LogP contribution < -0.4 is 0 Å². The van der Waals surface area contributed by atoms with E-state index < -0.39 is 0 Å².